The van der Waals surface area contributed by atoms with E-state index in [1.165, 1.54) is 0 Å². The maximum atomic E-state index is 12.8. The summed E-state index contributed by atoms with van der Waals surface area (Å²) in [6.07, 6.45) is 0. The summed E-state index contributed by atoms with van der Waals surface area (Å²) in [5, 5.41) is 3.07. The van der Waals surface area contributed by atoms with E-state index in [0.717, 1.165) is 28.2 Å². The molecule has 0 aliphatic carbocycles. The van der Waals surface area contributed by atoms with Crippen LogP contribution in [0.2, 0.25) is 0 Å². The number of rotatable bonds is 6. The normalized spacial score (nSPS) is 12.0. The fourth-order valence-corrected chi connectivity index (χ4v) is 2.95. The van der Waals surface area contributed by atoms with Gasteiger partial charge in [0.15, 0.2) is 0 Å². The van der Waals surface area contributed by atoms with Gasteiger partial charge in [0.1, 0.15) is 11.5 Å². The van der Waals surface area contributed by atoms with E-state index in [1.807, 2.05) is 50.2 Å². The molecule has 0 saturated heterocycles. The highest BCUT2D eigenvalue weighted by atomic mass is 16.5. The molecule has 0 unspecified atom stereocenters. The summed E-state index contributed by atoms with van der Waals surface area (Å²) in [6.45, 7) is 8.06. The number of carbonyl (C=O) groups excluding carboxylic acids is 1. The summed E-state index contributed by atoms with van der Waals surface area (Å²) in [4.78, 5) is 12.8. The molecule has 0 radical (unpaired) electrons. The molecule has 1 atom stereocenters. The van der Waals surface area contributed by atoms with Gasteiger partial charge in [0, 0.05) is 11.1 Å². The Morgan fingerprint density at radius 2 is 1.60 bits per heavy atom. The van der Waals surface area contributed by atoms with Crippen molar-refractivity contribution in [1.82, 2.24) is 5.32 Å². The minimum Gasteiger partial charge on any atom is -0.496 e. The Morgan fingerprint density at radius 3 is 2.20 bits per heavy atom. The van der Waals surface area contributed by atoms with Gasteiger partial charge in [-0.3, -0.25) is 4.79 Å². The highest BCUT2D eigenvalue weighted by Crippen LogP contribution is 2.30. The standard InChI is InChI=1S/C21H27NO3/c1-13(2)17-12-18(14(3)11-20(17)25-6)21(23)22-15(4)16-9-7-8-10-19(16)24-5/h7-13,15H,1-6H3,(H,22,23)/t15-/m0/s1. The highest BCUT2D eigenvalue weighted by molar-refractivity contribution is 5.96. The number of aryl methyl sites for hydroxylation is 1. The molecule has 0 saturated carbocycles. The Hall–Kier alpha value is -2.49. The molecule has 0 fully saturated rings. The van der Waals surface area contributed by atoms with Gasteiger partial charge in [-0.25, -0.2) is 0 Å². The molecule has 1 N–H and O–H groups in total. The van der Waals surface area contributed by atoms with Crippen LogP contribution in [0.1, 0.15) is 59.8 Å². The van der Waals surface area contributed by atoms with Crippen molar-refractivity contribution in [3.63, 3.8) is 0 Å². The van der Waals surface area contributed by atoms with E-state index in [2.05, 4.69) is 19.2 Å². The predicted molar refractivity (Wildman–Crippen MR) is 101 cm³/mol. The van der Waals surface area contributed by atoms with Crippen molar-refractivity contribution < 1.29 is 14.3 Å². The minimum atomic E-state index is -0.160. The zero-order valence-electron chi connectivity index (χ0n) is 15.8. The van der Waals surface area contributed by atoms with Crippen molar-refractivity contribution in [3.05, 3.63) is 58.7 Å². The van der Waals surface area contributed by atoms with Crippen LogP contribution in [0.15, 0.2) is 36.4 Å². The van der Waals surface area contributed by atoms with Crippen LogP contribution in [0.5, 0.6) is 11.5 Å². The van der Waals surface area contributed by atoms with E-state index in [9.17, 15) is 4.79 Å². The lowest BCUT2D eigenvalue weighted by molar-refractivity contribution is 0.0938. The SMILES string of the molecule is COc1cc(C)c(C(=O)N[C@@H](C)c2ccccc2OC)cc1C(C)C. The molecule has 0 aliphatic heterocycles. The van der Waals surface area contributed by atoms with Gasteiger partial charge in [0.05, 0.1) is 20.3 Å². The molecule has 25 heavy (non-hydrogen) atoms. The van der Waals surface area contributed by atoms with Crippen molar-refractivity contribution >= 4 is 5.91 Å². The molecule has 0 heterocycles. The Balaban J connectivity index is 2.30. The second-order valence-corrected chi connectivity index (χ2v) is 6.50. The van der Waals surface area contributed by atoms with Crippen LogP contribution in [0.25, 0.3) is 0 Å². The summed E-state index contributed by atoms with van der Waals surface area (Å²) in [6, 6.07) is 11.4. The first-order chi connectivity index (χ1) is 11.9. The maximum Gasteiger partial charge on any atom is 0.252 e. The van der Waals surface area contributed by atoms with E-state index in [0.29, 0.717) is 5.56 Å². The second-order valence-electron chi connectivity index (χ2n) is 6.50. The van der Waals surface area contributed by atoms with Gasteiger partial charge in [-0.1, -0.05) is 32.0 Å². The second kappa shape index (κ2) is 8.06. The third-order valence-electron chi connectivity index (χ3n) is 4.40. The third-order valence-corrected chi connectivity index (χ3v) is 4.40. The number of hydrogen-bond acceptors (Lipinski definition) is 3. The summed E-state index contributed by atoms with van der Waals surface area (Å²) in [7, 11) is 3.29. The molecular formula is C21H27NO3. The summed E-state index contributed by atoms with van der Waals surface area (Å²) in [5.74, 6) is 1.76. The lowest BCUT2D eigenvalue weighted by Crippen LogP contribution is -2.27. The molecule has 2 rings (SSSR count). The molecule has 0 spiro atoms. The van der Waals surface area contributed by atoms with Gasteiger partial charge in [-0.05, 0) is 49.1 Å². The summed E-state index contributed by atoms with van der Waals surface area (Å²) >= 11 is 0. The number of ether oxygens (including phenoxy) is 2. The first kappa shape index (κ1) is 18.8. The number of carbonyl (C=O) groups is 1. The molecule has 4 nitrogen and oxygen atoms in total. The van der Waals surface area contributed by atoms with Crippen LogP contribution in [-0.4, -0.2) is 20.1 Å². The molecule has 134 valence electrons. The van der Waals surface area contributed by atoms with Gasteiger partial charge in [-0.2, -0.15) is 0 Å². The van der Waals surface area contributed by atoms with Crippen molar-refractivity contribution in [1.29, 1.82) is 0 Å². The Bertz CT molecular complexity index is 753. The van der Waals surface area contributed by atoms with Crippen LogP contribution < -0.4 is 14.8 Å². The summed E-state index contributed by atoms with van der Waals surface area (Å²) < 4.78 is 10.8. The van der Waals surface area contributed by atoms with Crippen LogP contribution in [0.3, 0.4) is 0 Å². The molecule has 4 heteroatoms. The van der Waals surface area contributed by atoms with Crippen molar-refractivity contribution in [2.75, 3.05) is 14.2 Å². The van der Waals surface area contributed by atoms with E-state index in [-0.39, 0.29) is 17.9 Å². The Kier molecular flexibility index (Phi) is 6.07. The highest BCUT2D eigenvalue weighted by Gasteiger charge is 2.19. The first-order valence-electron chi connectivity index (χ1n) is 8.51. The molecule has 2 aromatic carbocycles. The van der Waals surface area contributed by atoms with E-state index in [4.69, 9.17) is 9.47 Å². The quantitative estimate of drug-likeness (QED) is 0.833. The fourth-order valence-electron chi connectivity index (χ4n) is 2.95. The number of benzene rings is 2. The van der Waals surface area contributed by atoms with Crippen LogP contribution in [0.4, 0.5) is 0 Å². The fraction of sp³-hybridized carbons (Fsp3) is 0.381. The van der Waals surface area contributed by atoms with Crippen LogP contribution >= 0.6 is 0 Å². The average molecular weight is 341 g/mol. The van der Waals surface area contributed by atoms with Gasteiger partial charge in [0.25, 0.3) is 5.91 Å². The largest absolute Gasteiger partial charge is 0.496 e. The third kappa shape index (κ3) is 4.13. The monoisotopic (exact) mass is 341 g/mol. The molecule has 2 aromatic rings. The first-order valence-corrected chi connectivity index (χ1v) is 8.51. The van der Waals surface area contributed by atoms with Gasteiger partial charge < -0.3 is 14.8 Å². The minimum absolute atomic E-state index is 0.0968. The Labute approximate surface area is 150 Å². The van der Waals surface area contributed by atoms with Gasteiger partial charge in [-0.15, -0.1) is 0 Å². The van der Waals surface area contributed by atoms with Gasteiger partial charge in [0.2, 0.25) is 0 Å². The molecule has 1 amide bonds. The van der Waals surface area contributed by atoms with Crippen molar-refractivity contribution in [2.24, 2.45) is 0 Å². The number of methoxy groups -OCH3 is 2. The predicted octanol–water partition coefficient (Wildman–Crippen LogP) is 4.63. The van der Waals surface area contributed by atoms with E-state index < -0.39 is 0 Å². The molecule has 0 aromatic heterocycles. The molecule has 0 bridgehead atoms. The average Bonchev–Trinajstić information content (AvgIpc) is 2.60. The van der Waals surface area contributed by atoms with E-state index >= 15 is 0 Å². The zero-order chi connectivity index (χ0) is 18.6. The van der Waals surface area contributed by atoms with E-state index in [1.54, 1.807) is 14.2 Å². The molecular weight excluding hydrogens is 314 g/mol. The van der Waals surface area contributed by atoms with Crippen LogP contribution in [-0.2, 0) is 0 Å². The Morgan fingerprint density at radius 1 is 0.960 bits per heavy atom. The number of hydrogen-bond donors (Lipinski definition) is 1. The lowest BCUT2D eigenvalue weighted by Gasteiger charge is -2.19. The van der Waals surface area contributed by atoms with Crippen LogP contribution in [0, 0.1) is 6.92 Å². The van der Waals surface area contributed by atoms with Crippen molar-refractivity contribution in [2.45, 2.75) is 39.7 Å². The zero-order valence-corrected chi connectivity index (χ0v) is 15.8. The number of para-hydroxylation sites is 1. The number of nitrogens with one attached hydrogen (secondary N) is 1. The van der Waals surface area contributed by atoms with Gasteiger partial charge >= 0.3 is 0 Å². The molecule has 0 aliphatic rings. The summed E-state index contributed by atoms with van der Waals surface area (Å²) in [5.41, 5.74) is 3.55. The van der Waals surface area contributed by atoms with Crippen molar-refractivity contribution in [3.8, 4) is 11.5 Å². The maximum absolute atomic E-state index is 12.8. The topological polar surface area (TPSA) is 47.6 Å². The lowest BCUT2D eigenvalue weighted by atomic mass is 9.95. The smallest absolute Gasteiger partial charge is 0.252 e. The number of amides is 1.